The highest BCUT2D eigenvalue weighted by atomic mass is 35.5. The van der Waals surface area contributed by atoms with E-state index in [1.807, 2.05) is 0 Å². The van der Waals surface area contributed by atoms with Gasteiger partial charge in [0, 0.05) is 5.88 Å². The van der Waals surface area contributed by atoms with Crippen molar-refractivity contribution in [3.05, 3.63) is 0 Å². The van der Waals surface area contributed by atoms with Crippen LogP contribution < -0.4 is 5.48 Å². The second-order valence-corrected chi connectivity index (χ2v) is 3.23. The molecule has 0 radical (unpaired) electrons. The van der Waals surface area contributed by atoms with Crippen LogP contribution in [0.3, 0.4) is 0 Å². The summed E-state index contributed by atoms with van der Waals surface area (Å²) >= 11 is 5.55. The Morgan fingerprint density at radius 1 is 1.73 bits per heavy atom. The van der Waals surface area contributed by atoms with Gasteiger partial charge in [-0.3, -0.25) is 9.63 Å². The molecule has 1 aliphatic carbocycles. The number of hydrogen-bond acceptors (Lipinski definition) is 2. The zero-order valence-corrected chi connectivity index (χ0v) is 7.28. The lowest BCUT2D eigenvalue weighted by Crippen LogP contribution is -2.31. The van der Waals surface area contributed by atoms with E-state index in [1.165, 1.54) is 7.11 Å². The summed E-state index contributed by atoms with van der Waals surface area (Å²) in [7, 11) is 1.44. The van der Waals surface area contributed by atoms with E-state index in [4.69, 9.17) is 11.6 Å². The van der Waals surface area contributed by atoms with Crippen molar-refractivity contribution in [3.63, 3.8) is 0 Å². The summed E-state index contributed by atoms with van der Waals surface area (Å²) in [6.07, 6.45) is 2.63. The molecule has 4 heteroatoms. The molecule has 0 spiro atoms. The third kappa shape index (κ3) is 1.84. The first-order valence-electron chi connectivity index (χ1n) is 3.64. The quantitative estimate of drug-likeness (QED) is 0.516. The molecule has 0 bridgehead atoms. The minimum atomic E-state index is -0.197. The predicted octanol–water partition coefficient (Wildman–Crippen LogP) is 1.07. The molecule has 64 valence electrons. The predicted molar refractivity (Wildman–Crippen MR) is 42.2 cm³/mol. The van der Waals surface area contributed by atoms with Crippen LogP contribution in [0.1, 0.15) is 19.3 Å². The molecule has 0 atom stereocenters. The number of hydrogen-bond donors (Lipinski definition) is 1. The second-order valence-electron chi connectivity index (χ2n) is 2.85. The topological polar surface area (TPSA) is 38.3 Å². The summed E-state index contributed by atoms with van der Waals surface area (Å²) in [5.41, 5.74) is 2.14. The lowest BCUT2D eigenvalue weighted by Gasteiger charge is -2.11. The lowest BCUT2D eigenvalue weighted by atomic mass is 10.0. The van der Waals surface area contributed by atoms with Crippen molar-refractivity contribution >= 4 is 17.5 Å². The number of halogens is 1. The van der Waals surface area contributed by atoms with E-state index in [2.05, 4.69) is 10.3 Å². The smallest absolute Gasteiger partial charge is 0.249 e. The molecule has 11 heavy (non-hydrogen) atoms. The van der Waals surface area contributed by atoms with Crippen molar-refractivity contribution in [1.82, 2.24) is 5.48 Å². The van der Waals surface area contributed by atoms with E-state index in [0.29, 0.717) is 5.88 Å². The van der Waals surface area contributed by atoms with Crippen molar-refractivity contribution in [2.24, 2.45) is 5.41 Å². The molecule has 3 nitrogen and oxygen atoms in total. The maximum absolute atomic E-state index is 11.2. The molecule has 0 aromatic carbocycles. The molecular formula is C7H12ClNO2. The fourth-order valence-electron chi connectivity index (χ4n) is 1.12. The van der Waals surface area contributed by atoms with Gasteiger partial charge in [-0.15, -0.1) is 11.6 Å². The number of carbonyl (C=O) groups is 1. The van der Waals surface area contributed by atoms with Gasteiger partial charge in [-0.2, -0.15) is 0 Å². The van der Waals surface area contributed by atoms with Crippen LogP contribution in [0.25, 0.3) is 0 Å². The summed E-state index contributed by atoms with van der Waals surface area (Å²) in [5.74, 6) is 0.512. The van der Waals surface area contributed by atoms with Crippen LogP contribution >= 0.6 is 11.6 Å². The fourth-order valence-corrected chi connectivity index (χ4v) is 1.49. The summed E-state index contributed by atoms with van der Waals surface area (Å²) in [4.78, 5) is 15.8. The molecule has 0 aromatic heterocycles. The Hall–Kier alpha value is -0.280. The largest absolute Gasteiger partial charge is 0.277 e. The molecule has 0 aliphatic heterocycles. The Morgan fingerprint density at radius 2 is 2.36 bits per heavy atom. The SMILES string of the molecule is CONC(=O)C1(CCCl)CC1. The molecule has 0 saturated heterocycles. The van der Waals surface area contributed by atoms with Crippen LogP contribution in [-0.2, 0) is 9.63 Å². The van der Waals surface area contributed by atoms with E-state index in [-0.39, 0.29) is 11.3 Å². The van der Waals surface area contributed by atoms with Gasteiger partial charge >= 0.3 is 0 Å². The Labute approximate surface area is 71.0 Å². The Kier molecular flexibility index (Phi) is 2.73. The average Bonchev–Trinajstić information content (AvgIpc) is 2.71. The Morgan fingerprint density at radius 3 is 2.73 bits per heavy atom. The molecular weight excluding hydrogens is 166 g/mol. The zero-order chi connectivity index (χ0) is 8.32. The van der Waals surface area contributed by atoms with Crippen molar-refractivity contribution in [3.8, 4) is 0 Å². The number of amides is 1. The first kappa shape index (κ1) is 8.81. The monoisotopic (exact) mass is 177 g/mol. The van der Waals surface area contributed by atoms with Gasteiger partial charge in [-0.05, 0) is 19.3 Å². The maximum Gasteiger partial charge on any atom is 0.249 e. The van der Waals surface area contributed by atoms with Gasteiger partial charge in [-0.25, -0.2) is 5.48 Å². The van der Waals surface area contributed by atoms with Crippen molar-refractivity contribution < 1.29 is 9.63 Å². The van der Waals surface area contributed by atoms with Gasteiger partial charge in [-0.1, -0.05) is 0 Å². The number of nitrogens with one attached hydrogen (secondary N) is 1. The third-order valence-corrected chi connectivity index (χ3v) is 2.29. The Bertz CT molecular complexity index is 157. The zero-order valence-electron chi connectivity index (χ0n) is 6.52. The van der Waals surface area contributed by atoms with Gasteiger partial charge in [0.1, 0.15) is 0 Å². The summed E-state index contributed by atoms with van der Waals surface area (Å²) in [5, 5.41) is 0. The van der Waals surface area contributed by atoms with Crippen LogP contribution in [0, 0.1) is 5.41 Å². The van der Waals surface area contributed by atoms with E-state index < -0.39 is 0 Å². The van der Waals surface area contributed by atoms with Crippen molar-refractivity contribution in [2.45, 2.75) is 19.3 Å². The normalized spacial score (nSPS) is 19.5. The summed E-state index contributed by atoms with van der Waals surface area (Å²) < 4.78 is 0. The maximum atomic E-state index is 11.2. The van der Waals surface area contributed by atoms with Crippen LogP contribution in [0.4, 0.5) is 0 Å². The summed E-state index contributed by atoms with van der Waals surface area (Å²) in [6.45, 7) is 0. The second kappa shape index (κ2) is 3.41. The molecule has 1 rings (SSSR count). The highest BCUT2D eigenvalue weighted by Crippen LogP contribution is 2.49. The first-order chi connectivity index (χ1) is 5.25. The first-order valence-corrected chi connectivity index (χ1v) is 4.18. The van der Waals surface area contributed by atoms with Gasteiger partial charge in [0.2, 0.25) is 5.91 Å². The summed E-state index contributed by atoms with van der Waals surface area (Å²) in [6, 6.07) is 0. The van der Waals surface area contributed by atoms with Crippen molar-refractivity contribution in [2.75, 3.05) is 13.0 Å². The molecule has 1 amide bonds. The van der Waals surface area contributed by atoms with Crippen LogP contribution in [-0.4, -0.2) is 18.9 Å². The highest BCUT2D eigenvalue weighted by Gasteiger charge is 2.49. The van der Waals surface area contributed by atoms with Gasteiger partial charge in [0.05, 0.1) is 12.5 Å². The Balaban J connectivity index is 2.38. The van der Waals surface area contributed by atoms with E-state index in [1.54, 1.807) is 0 Å². The minimum absolute atomic E-state index is 0.0272. The fraction of sp³-hybridized carbons (Fsp3) is 0.857. The van der Waals surface area contributed by atoms with E-state index in [0.717, 1.165) is 19.3 Å². The number of hydroxylamine groups is 1. The molecule has 0 unspecified atom stereocenters. The lowest BCUT2D eigenvalue weighted by molar-refractivity contribution is -0.137. The van der Waals surface area contributed by atoms with E-state index >= 15 is 0 Å². The highest BCUT2D eigenvalue weighted by molar-refractivity contribution is 6.18. The van der Waals surface area contributed by atoms with Crippen LogP contribution in [0.2, 0.25) is 0 Å². The molecule has 1 aliphatic rings. The van der Waals surface area contributed by atoms with Gasteiger partial charge in [0.15, 0.2) is 0 Å². The molecule has 1 fully saturated rings. The molecule has 1 saturated carbocycles. The third-order valence-electron chi connectivity index (χ3n) is 2.10. The number of carbonyl (C=O) groups excluding carboxylic acids is 1. The van der Waals surface area contributed by atoms with Crippen LogP contribution in [0.15, 0.2) is 0 Å². The minimum Gasteiger partial charge on any atom is -0.277 e. The standard InChI is InChI=1S/C7H12ClNO2/c1-11-9-6(10)7(2-3-7)4-5-8/h2-5H2,1H3,(H,9,10). The van der Waals surface area contributed by atoms with Gasteiger partial charge in [0.25, 0.3) is 0 Å². The number of alkyl halides is 1. The molecule has 0 heterocycles. The molecule has 0 aromatic rings. The van der Waals surface area contributed by atoms with Gasteiger partial charge < -0.3 is 0 Å². The van der Waals surface area contributed by atoms with E-state index in [9.17, 15) is 4.79 Å². The average molecular weight is 178 g/mol. The van der Waals surface area contributed by atoms with Crippen LogP contribution in [0.5, 0.6) is 0 Å². The number of rotatable bonds is 4. The van der Waals surface area contributed by atoms with Crippen molar-refractivity contribution in [1.29, 1.82) is 0 Å². The molecule has 1 N–H and O–H groups in total.